The Morgan fingerprint density at radius 1 is 1.33 bits per heavy atom. The summed E-state index contributed by atoms with van der Waals surface area (Å²) >= 11 is 0. The number of hydrogen-bond acceptors (Lipinski definition) is 2. The normalized spacial score (nSPS) is 21.7. The van der Waals surface area contributed by atoms with Crippen molar-refractivity contribution in [2.75, 3.05) is 13.1 Å². The Labute approximate surface area is 91.8 Å². The van der Waals surface area contributed by atoms with Gasteiger partial charge in [0.15, 0.2) is 0 Å². The van der Waals surface area contributed by atoms with Crippen LogP contribution in [-0.2, 0) is 9.59 Å². The zero-order chi connectivity index (χ0) is 11.9. The van der Waals surface area contributed by atoms with Crippen molar-refractivity contribution in [1.29, 1.82) is 0 Å². The van der Waals surface area contributed by atoms with E-state index in [0.717, 1.165) is 0 Å². The van der Waals surface area contributed by atoms with Gasteiger partial charge in [0.25, 0.3) is 0 Å². The van der Waals surface area contributed by atoms with Crippen LogP contribution in [0.3, 0.4) is 0 Å². The van der Waals surface area contributed by atoms with E-state index in [4.69, 9.17) is 0 Å². The van der Waals surface area contributed by atoms with Gasteiger partial charge < -0.3 is 4.90 Å². The molecule has 1 aliphatic heterocycles. The highest BCUT2D eigenvalue weighted by atomic mass is 16.2. The molecule has 0 aliphatic carbocycles. The minimum atomic E-state index is -0.376. The van der Waals surface area contributed by atoms with Crippen LogP contribution in [0, 0.1) is 10.8 Å². The summed E-state index contributed by atoms with van der Waals surface area (Å²) in [6, 6.07) is 0. The van der Waals surface area contributed by atoms with Crippen molar-refractivity contribution in [3.63, 3.8) is 0 Å². The van der Waals surface area contributed by atoms with Crippen LogP contribution >= 0.6 is 0 Å². The van der Waals surface area contributed by atoms with Gasteiger partial charge in [0.2, 0.25) is 5.91 Å². The zero-order valence-corrected chi connectivity index (χ0v) is 10.4. The van der Waals surface area contributed by atoms with Crippen molar-refractivity contribution >= 4 is 11.7 Å². The molecule has 86 valence electrons. The SMILES string of the molecule is CC(C)(C)C(=O)N1CCC(=O)C(C)(C)C1. The number of nitrogens with zero attached hydrogens (tertiary/aromatic N) is 1. The molecule has 1 saturated heterocycles. The van der Waals surface area contributed by atoms with E-state index in [9.17, 15) is 9.59 Å². The Morgan fingerprint density at radius 3 is 2.27 bits per heavy atom. The Bertz CT molecular complexity index is 286. The summed E-state index contributed by atoms with van der Waals surface area (Å²) in [7, 11) is 0. The van der Waals surface area contributed by atoms with Crippen LogP contribution < -0.4 is 0 Å². The van der Waals surface area contributed by atoms with Crippen LogP contribution in [0.5, 0.6) is 0 Å². The van der Waals surface area contributed by atoms with Crippen LogP contribution in [0.1, 0.15) is 41.0 Å². The Balaban J connectivity index is 2.76. The predicted molar refractivity (Wildman–Crippen MR) is 59.4 cm³/mol. The van der Waals surface area contributed by atoms with Crippen molar-refractivity contribution in [2.24, 2.45) is 10.8 Å². The topological polar surface area (TPSA) is 37.4 Å². The molecule has 0 unspecified atom stereocenters. The third-order valence-electron chi connectivity index (χ3n) is 2.88. The van der Waals surface area contributed by atoms with Gasteiger partial charge >= 0.3 is 0 Å². The summed E-state index contributed by atoms with van der Waals surface area (Å²) in [5.41, 5.74) is -0.727. The number of likely N-dealkylation sites (tertiary alicyclic amines) is 1. The molecular weight excluding hydrogens is 190 g/mol. The first kappa shape index (κ1) is 12.2. The summed E-state index contributed by atoms with van der Waals surface area (Å²) in [6.07, 6.45) is 0.495. The second kappa shape index (κ2) is 3.62. The van der Waals surface area contributed by atoms with E-state index in [0.29, 0.717) is 19.5 Å². The second-order valence-corrected chi connectivity index (χ2v) is 6.03. The highest BCUT2D eigenvalue weighted by Crippen LogP contribution is 2.28. The molecule has 3 nitrogen and oxygen atoms in total. The third-order valence-corrected chi connectivity index (χ3v) is 2.88. The van der Waals surface area contributed by atoms with Gasteiger partial charge in [-0.05, 0) is 0 Å². The molecule has 0 aromatic carbocycles. The lowest BCUT2D eigenvalue weighted by molar-refractivity contribution is -0.146. The summed E-state index contributed by atoms with van der Waals surface area (Å²) in [5.74, 6) is 0.406. The summed E-state index contributed by atoms with van der Waals surface area (Å²) in [5, 5.41) is 0. The van der Waals surface area contributed by atoms with E-state index in [1.54, 1.807) is 0 Å². The maximum atomic E-state index is 12.0. The second-order valence-electron chi connectivity index (χ2n) is 6.03. The van der Waals surface area contributed by atoms with Crippen LogP contribution in [0.25, 0.3) is 0 Å². The molecule has 1 rings (SSSR count). The number of ketones is 1. The molecule has 0 aromatic heterocycles. The van der Waals surface area contributed by atoms with Crippen molar-refractivity contribution in [1.82, 2.24) is 4.90 Å². The van der Waals surface area contributed by atoms with Gasteiger partial charge in [0.1, 0.15) is 5.78 Å². The largest absolute Gasteiger partial charge is 0.341 e. The van der Waals surface area contributed by atoms with E-state index in [-0.39, 0.29) is 22.5 Å². The maximum Gasteiger partial charge on any atom is 0.227 e. The van der Waals surface area contributed by atoms with Crippen molar-refractivity contribution in [2.45, 2.75) is 41.0 Å². The van der Waals surface area contributed by atoms with Gasteiger partial charge in [-0.3, -0.25) is 9.59 Å². The molecule has 0 bridgehead atoms. The molecule has 0 saturated carbocycles. The fraction of sp³-hybridized carbons (Fsp3) is 0.833. The number of rotatable bonds is 0. The number of piperidine rings is 1. The van der Waals surface area contributed by atoms with Crippen molar-refractivity contribution < 1.29 is 9.59 Å². The van der Waals surface area contributed by atoms with Crippen LogP contribution in [-0.4, -0.2) is 29.7 Å². The first-order valence-electron chi connectivity index (χ1n) is 5.47. The lowest BCUT2D eigenvalue weighted by Gasteiger charge is -2.39. The molecule has 0 radical (unpaired) electrons. The van der Waals surface area contributed by atoms with E-state index >= 15 is 0 Å². The first-order valence-corrected chi connectivity index (χ1v) is 5.47. The van der Waals surface area contributed by atoms with Crippen LogP contribution in [0.2, 0.25) is 0 Å². The van der Waals surface area contributed by atoms with Gasteiger partial charge in [0, 0.05) is 30.3 Å². The van der Waals surface area contributed by atoms with Crippen molar-refractivity contribution in [3.05, 3.63) is 0 Å². The van der Waals surface area contributed by atoms with Crippen molar-refractivity contribution in [3.8, 4) is 0 Å². The monoisotopic (exact) mass is 211 g/mol. The molecule has 1 aliphatic rings. The number of amides is 1. The third kappa shape index (κ3) is 2.58. The van der Waals surface area contributed by atoms with Crippen LogP contribution in [0.15, 0.2) is 0 Å². The molecular formula is C12H21NO2. The Hall–Kier alpha value is -0.860. The fourth-order valence-corrected chi connectivity index (χ4v) is 1.87. The smallest absolute Gasteiger partial charge is 0.227 e. The molecule has 0 atom stereocenters. The molecule has 0 aromatic rings. The molecule has 1 amide bonds. The average molecular weight is 211 g/mol. The Morgan fingerprint density at radius 2 is 1.87 bits per heavy atom. The molecule has 15 heavy (non-hydrogen) atoms. The van der Waals surface area contributed by atoms with Crippen LogP contribution in [0.4, 0.5) is 0 Å². The van der Waals surface area contributed by atoms with E-state index < -0.39 is 0 Å². The summed E-state index contributed by atoms with van der Waals surface area (Å²) in [4.78, 5) is 25.4. The van der Waals surface area contributed by atoms with Gasteiger partial charge in [0.05, 0.1) is 0 Å². The van der Waals surface area contributed by atoms with Gasteiger partial charge in [-0.1, -0.05) is 34.6 Å². The molecule has 3 heteroatoms. The van der Waals surface area contributed by atoms with Gasteiger partial charge in [-0.15, -0.1) is 0 Å². The van der Waals surface area contributed by atoms with E-state index in [1.807, 2.05) is 39.5 Å². The molecule has 1 heterocycles. The highest BCUT2D eigenvalue weighted by molar-refractivity contribution is 5.89. The summed E-state index contributed by atoms with van der Waals surface area (Å²) in [6.45, 7) is 10.7. The average Bonchev–Trinajstić information content (AvgIpc) is 2.07. The number of carbonyl (C=O) groups excluding carboxylic acids is 2. The summed E-state index contributed by atoms with van der Waals surface area (Å²) < 4.78 is 0. The molecule has 0 N–H and O–H groups in total. The zero-order valence-electron chi connectivity index (χ0n) is 10.4. The fourth-order valence-electron chi connectivity index (χ4n) is 1.87. The Kier molecular flexibility index (Phi) is 2.94. The van der Waals surface area contributed by atoms with E-state index in [1.165, 1.54) is 0 Å². The maximum absolute atomic E-state index is 12.0. The molecule has 1 fully saturated rings. The number of hydrogen-bond donors (Lipinski definition) is 0. The predicted octanol–water partition coefficient (Wildman–Crippen LogP) is 1.86. The highest BCUT2D eigenvalue weighted by Gasteiger charge is 2.38. The number of carbonyl (C=O) groups is 2. The van der Waals surface area contributed by atoms with E-state index in [2.05, 4.69) is 0 Å². The van der Waals surface area contributed by atoms with Gasteiger partial charge in [-0.25, -0.2) is 0 Å². The molecule has 0 spiro atoms. The standard InChI is InChI=1S/C12H21NO2/c1-11(2,3)10(15)13-7-6-9(14)12(4,5)8-13/h6-8H2,1-5H3. The first-order chi connectivity index (χ1) is 6.64. The lowest BCUT2D eigenvalue weighted by atomic mass is 9.81. The minimum Gasteiger partial charge on any atom is -0.341 e. The number of Topliss-reactive ketones (excluding diaryl/α,β-unsaturated/α-hetero) is 1. The quantitative estimate of drug-likeness (QED) is 0.613. The van der Waals surface area contributed by atoms with Gasteiger partial charge in [-0.2, -0.15) is 0 Å². The minimum absolute atomic E-state index is 0.142. The lowest BCUT2D eigenvalue weighted by Crippen LogP contribution is -2.51.